The molecule has 0 aromatic heterocycles. The minimum atomic E-state index is -4.11. The van der Waals surface area contributed by atoms with Crippen molar-refractivity contribution in [2.75, 3.05) is 18.0 Å². The van der Waals surface area contributed by atoms with E-state index in [-0.39, 0.29) is 18.7 Å². The molecule has 0 spiro atoms. The molecule has 0 amide bonds. The summed E-state index contributed by atoms with van der Waals surface area (Å²) in [4.78, 5) is 1.69. The van der Waals surface area contributed by atoms with Crippen molar-refractivity contribution in [2.24, 2.45) is 5.92 Å². The molecule has 1 aromatic carbocycles. The molecular weight excluding hydrogens is 219 g/mol. The standard InChI is InChI=1S/C11H12F3NO/c12-11(13,14)8-5-6-15(7-8)9-1-3-10(16)4-2-9/h1-4,8,16H,5-7H2. The third kappa shape index (κ3) is 2.23. The highest BCUT2D eigenvalue weighted by molar-refractivity contribution is 5.49. The average Bonchev–Trinajstić information content (AvgIpc) is 2.67. The van der Waals surface area contributed by atoms with E-state index in [2.05, 4.69) is 0 Å². The molecule has 1 heterocycles. The van der Waals surface area contributed by atoms with Crippen LogP contribution in [0.15, 0.2) is 24.3 Å². The van der Waals surface area contributed by atoms with Crippen LogP contribution in [0.5, 0.6) is 5.75 Å². The minimum Gasteiger partial charge on any atom is -0.508 e. The van der Waals surface area contributed by atoms with Gasteiger partial charge in [0.05, 0.1) is 5.92 Å². The Morgan fingerprint density at radius 2 is 1.81 bits per heavy atom. The van der Waals surface area contributed by atoms with Gasteiger partial charge in [0.2, 0.25) is 0 Å². The van der Waals surface area contributed by atoms with Gasteiger partial charge >= 0.3 is 6.18 Å². The van der Waals surface area contributed by atoms with E-state index in [0.717, 1.165) is 5.69 Å². The Hall–Kier alpha value is -1.39. The number of rotatable bonds is 1. The van der Waals surface area contributed by atoms with Gasteiger partial charge in [-0.05, 0) is 30.7 Å². The van der Waals surface area contributed by atoms with Crippen molar-refractivity contribution in [1.29, 1.82) is 0 Å². The predicted molar refractivity (Wildman–Crippen MR) is 54.5 cm³/mol. The number of benzene rings is 1. The lowest BCUT2D eigenvalue weighted by atomic mass is 10.1. The van der Waals surface area contributed by atoms with Crippen LogP contribution >= 0.6 is 0 Å². The van der Waals surface area contributed by atoms with Crippen molar-refractivity contribution >= 4 is 5.69 Å². The second-order valence-corrected chi connectivity index (χ2v) is 3.99. The van der Waals surface area contributed by atoms with Crippen LogP contribution in [0.1, 0.15) is 6.42 Å². The predicted octanol–water partition coefficient (Wildman–Crippen LogP) is 2.78. The fraction of sp³-hybridized carbons (Fsp3) is 0.455. The van der Waals surface area contributed by atoms with Gasteiger partial charge in [0, 0.05) is 18.8 Å². The zero-order valence-corrected chi connectivity index (χ0v) is 8.54. The molecule has 1 aliphatic rings. The zero-order valence-electron chi connectivity index (χ0n) is 8.54. The fourth-order valence-electron chi connectivity index (χ4n) is 1.93. The monoisotopic (exact) mass is 231 g/mol. The van der Waals surface area contributed by atoms with E-state index in [1.807, 2.05) is 0 Å². The Morgan fingerprint density at radius 3 is 2.31 bits per heavy atom. The summed E-state index contributed by atoms with van der Waals surface area (Å²) in [6.07, 6.45) is -3.96. The summed E-state index contributed by atoms with van der Waals surface area (Å²) >= 11 is 0. The third-order valence-electron chi connectivity index (χ3n) is 2.87. The largest absolute Gasteiger partial charge is 0.508 e. The lowest BCUT2D eigenvalue weighted by molar-refractivity contribution is -0.168. The lowest BCUT2D eigenvalue weighted by Gasteiger charge is -2.19. The topological polar surface area (TPSA) is 23.5 Å². The highest BCUT2D eigenvalue weighted by Gasteiger charge is 2.43. The molecule has 1 atom stereocenters. The van der Waals surface area contributed by atoms with E-state index < -0.39 is 12.1 Å². The van der Waals surface area contributed by atoms with E-state index in [9.17, 15) is 13.2 Å². The maximum Gasteiger partial charge on any atom is 0.393 e. The van der Waals surface area contributed by atoms with Gasteiger partial charge < -0.3 is 10.0 Å². The number of phenols is 1. The molecule has 1 N–H and O–H groups in total. The average molecular weight is 231 g/mol. The number of hydrogen-bond acceptors (Lipinski definition) is 2. The molecular formula is C11H12F3NO. The number of hydrogen-bond donors (Lipinski definition) is 1. The molecule has 88 valence electrons. The number of anilines is 1. The van der Waals surface area contributed by atoms with E-state index in [1.54, 1.807) is 17.0 Å². The smallest absolute Gasteiger partial charge is 0.393 e. The van der Waals surface area contributed by atoms with Gasteiger partial charge in [0.25, 0.3) is 0 Å². The molecule has 0 radical (unpaired) electrons. The van der Waals surface area contributed by atoms with Gasteiger partial charge in [-0.25, -0.2) is 0 Å². The van der Waals surface area contributed by atoms with Gasteiger partial charge in [0.15, 0.2) is 0 Å². The van der Waals surface area contributed by atoms with Crippen molar-refractivity contribution in [1.82, 2.24) is 0 Å². The van der Waals surface area contributed by atoms with Crippen molar-refractivity contribution in [2.45, 2.75) is 12.6 Å². The van der Waals surface area contributed by atoms with Gasteiger partial charge in [-0.15, -0.1) is 0 Å². The molecule has 1 fully saturated rings. The summed E-state index contributed by atoms with van der Waals surface area (Å²) in [5.41, 5.74) is 0.726. The van der Waals surface area contributed by atoms with E-state index in [1.165, 1.54) is 12.1 Å². The van der Waals surface area contributed by atoms with Crippen molar-refractivity contribution < 1.29 is 18.3 Å². The van der Waals surface area contributed by atoms with Gasteiger partial charge in [-0.1, -0.05) is 0 Å². The van der Waals surface area contributed by atoms with Crippen molar-refractivity contribution in [3.05, 3.63) is 24.3 Å². The summed E-state index contributed by atoms with van der Waals surface area (Å²) in [5.74, 6) is -1.11. The van der Waals surface area contributed by atoms with Gasteiger partial charge in [-0.2, -0.15) is 13.2 Å². The molecule has 0 aliphatic carbocycles. The molecule has 1 unspecified atom stereocenters. The maximum atomic E-state index is 12.4. The van der Waals surface area contributed by atoms with Crippen LogP contribution in [-0.4, -0.2) is 24.4 Å². The van der Waals surface area contributed by atoms with Crippen LogP contribution in [0.25, 0.3) is 0 Å². The molecule has 0 bridgehead atoms. The quantitative estimate of drug-likeness (QED) is 0.803. The summed E-state index contributed by atoms with van der Waals surface area (Å²) in [6.45, 7) is 0.420. The molecule has 2 rings (SSSR count). The second kappa shape index (κ2) is 3.88. The van der Waals surface area contributed by atoms with Crippen LogP contribution in [0, 0.1) is 5.92 Å². The SMILES string of the molecule is Oc1ccc(N2CCC(C(F)(F)F)C2)cc1. The minimum absolute atomic E-state index is 0.00821. The number of halogens is 3. The first-order chi connectivity index (χ1) is 7.47. The van der Waals surface area contributed by atoms with Crippen LogP contribution in [0.4, 0.5) is 18.9 Å². The molecule has 1 aromatic rings. The number of alkyl halides is 3. The van der Waals surface area contributed by atoms with E-state index >= 15 is 0 Å². The summed E-state index contributed by atoms with van der Waals surface area (Å²) in [7, 11) is 0. The summed E-state index contributed by atoms with van der Waals surface area (Å²) < 4.78 is 37.3. The van der Waals surface area contributed by atoms with Crippen molar-refractivity contribution in [3.8, 4) is 5.75 Å². The van der Waals surface area contributed by atoms with Crippen LogP contribution in [0.2, 0.25) is 0 Å². The summed E-state index contributed by atoms with van der Waals surface area (Å²) in [5, 5.41) is 9.08. The normalized spacial score (nSPS) is 21.4. The Bertz CT molecular complexity index is 360. The lowest BCUT2D eigenvalue weighted by Crippen LogP contribution is -2.27. The first-order valence-corrected chi connectivity index (χ1v) is 5.07. The molecule has 1 saturated heterocycles. The Labute approximate surface area is 91.3 Å². The van der Waals surface area contributed by atoms with Crippen molar-refractivity contribution in [3.63, 3.8) is 0 Å². The van der Waals surface area contributed by atoms with E-state index in [4.69, 9.17) is 5.11 Å². The van der Waals surface area contributed by atoms with Crippen LogP contribution < -0.4 is 4.90 Å². The molecule has 16 heavy (non-hydrogen) atoms. The van der Waals surface area contributed by atoms with Gasteiger partial charge in [0.1, 0.15) is 5.75 Å². The highest BCUT2D eigenvalue weighted by Crippen LogP contribution is 2.35. The van der Waals surface area contributed by atoms with Crippen LogP contribution in [0.3, 0.4) is 0 Å². The highest BCUT2D eigenvalue weighted by atomic mass is 19.4. The Kier molecular flexibility index (Phi) is 2.69. The molecule has 1 aliphatic heterocycles. The number of aromatic hydroxyl groups is 1. The molecule has 0 saturated carbocycles. The third-order valence-corrected chi connectivity index (χ3v) is 2.87. The summed E-state index contributed by atoms with van der Waals surface area (Å²) in [6, 6.07) is 6.23. The van der Waals surface area contributed by atoms with Crippen LogP contribution in [-0.2, 0) is 0 Å². The zero-order chi connectivity index (χ0) is 11.8. The maximum absolute atomic E-state index is 12.4. The Morgan fingerprint density at radius 1 is 1.19 bits per heavy atom. The molecule has 5 heteroatoms. The first kappa shape index (κ1) is 11.1. The second-order valence-electron chi connectivity index (χ2n) is 3.99. The number of phenolic OH excluding ortho intramolecular Hbond substituents is 1. The number of nitrogens with zero attached hydrogens (tertiary/aromatic N) is 1. The molecule has 2 nitrogen and oxygen atoms in total. The van der Waals surface area contributed by atoms with Gasteiger partial charge in [-0.3, -0.25) is 0 Å². The first-order valence-electron chi connectivity index (χ1n) is 5.07. The fourth-order valence-corrected chi connectivity index (χ4v) is 1.93. The van der Waals surface area contributed by atoms with E-state index in [0.29, 0.717) is 6.54 Å². The Balaban J connectivity index is 2.06.